The largest absolute Gasteiger partial charge is 0.342 e. The summed E-state index contributed by atoms with van der Waals surface area (Å²) >= 11 is 1.15. The number of rotatable bonds is 5. The van der Waals surface area contributed by atoms with Gasteiger partial charge in [0.05, 0.1) is 16.4 Å². The third-order valence-corrected chi connectivity index (χ3v) is 5.98. The molecule has 0 aliphatic carbocycles. The van der Waals surface area contributed by atoms with Crippen molar-refractivity contribution >= 4 is 39.9 Å². The van der Waals surface area contributed by atoms with E-state index < -0.39 is 0 Å². The van der Waals surface area contributed by atoms with E-state index in [0.29, 0.717) is 28.7 Å². The first-order valence-corrected chi connectivity index (χ1v) is 10.8. The third-order valence-electron chi connectivity index (χ3n) is 4.98. The molecule has 4 rings (SSSR count). The van der Waals surface area contributed by atoms with Crippen LogP contribution in [0, 0.1) is 0 Å². The van der Waals surface area contributed by atoms with Crippen molar-refractivity contribution in [1.82, 2.24) is 10.2 Å². The number of carbonyl (C=O) groups is 3. The predicted octanol–water partition coefficient (Wildman–Crippen LogP) is 3.71. The standard InChI is InChI=1S/C23H22N4O3S/c28-21(27-13-12-16-6-4-5-7-17(16)15-27)14-24-22(29)19-10-11-20(31-19)26-23(30)25-18-8-2-1-3-9-18/h1-11H,12-15H2,(H,24,29)(H2,25,26,30). The highest BCUT2D eigenvalue weighted by atomic mass is 32.1. The Kier molecular flexibility index (Phi) is 6.28. The molecule has 3 aromatic rings. The molecule has 0 fully saturated rings. The average molecular weight is 435 g/mol. The highest BCUT2D eigenvalue weighted by Gasteiger charge is 2.21. The van der Waals surface area contributed by atoms with Gasteiger partial charge in [-0.1, -0.05) is 42.5 Å². The molecule has 1 aromatic heterocycles. The van der Waals surface area contributed by atoms with Crippen LogP contribution in [0.3, 0.4) is 0 Å². The maximum absolute atomic E-state index is 12.5. The second kappa shape index (κ2) is 9.44. The van der Waals surface area contributed by atoms with E-state index in [4.69, 9.17) is 0 Å². The molecule has 2 heterocycles. The summed E-state index contributed by atoms with van der Waals surface area (Å²) in [6, 6.07) is 20.1. The lowest BCUT2D eigenvalue weighted by molar-refractivity contribution is -0.131. The second-order valence-electron chi connectivity index (χ2n) is 7.13. The topological polar surface area (TPSA) is 90.5 Å². The van der Waals surface area contributed by atoms with Gasteiger partial charge in [0, 0.05) is 18.8 Å². The number of hydrogen-bond donors (Lipinski definition) is 3. The summed E-state index contributed by atoms with van der Waals surface area (Å²) in [5.74, 6) is -0.452. The molecular weight excluding hydrogens is 412 g/mol. The normalized spacial score (nSPS) is 12.6. The Morgan fingerprint density at radius 3 is 2.42 bits per heavy atom. The number of anilines is 2. The van der Waals surface area contributed by atoms with Gasteiger partial charge in [0.15, 0.2) is 0 Å². The number of hydrogen-bond acceptors (Lipinski definition) is 4. The molecule has 0 saturated heterocycles. The molecule has 0 spiro atoms. The first-order chi connectivity index (χ1) is 15.1. The SMILES string of the molecule is O=C(Nc1ccccc1)Nc1ccc(C(=O)NCC(=O)N2CCc3ccccc3C2)s1. The van der Waals surface area contributed by atoms with Gasteiger partial charge in [0.1, 0.15) is 0 Å². The van der Waals surface area contributed by atoms with Crippen LogP contribution in [0.15, 0.2) is 66.7 Å². The number of thiophene rings is 1. The van der Waals surface area contributed by atoms with Crippen molar-refractivity contribution in [2.45, 2.75) is 13.0 Å². The van der Waals surface area contributed by atoms with Crippen LogP contribution in [0.1, 0.15) is 20.8 Å². The first-order valence-electron chi connectivity index (χ1n) is 9.94. The number of benzene rings is 2. The van der Waals surface area contributed by atoms with E-state index >= 15 is 0 Å². The van der Waals surface area contributed by atoms with Crippen molar-refractivity contribution in [3.63, 3.8) is 0 Å². The molecule has 0 radical (unpaired) electrons. The fourth-order valence-electron chi connectivity index (χ4n) is 3.39. The van der Waals surface area contributed by atoms with Crippen LogP contribution in [0.4, 0.5) is 15.5 Å². The van der Waals surface area contributed by atoms with Crippen molar-refractivity contribution < 1.29 is 14.4 Å². The Morgan fingerprint density at radius 1 is 0.871 bits per heavy atom. The average Bonchev–Trinajstić information content (AvgIpc) is 3.26. The van der Waals surface area contributed by atoms with Crippen molar-refractivity contribution in [2.24, 2.45) is 0 Å². The number of urea groups is 1. The smallest absolute Gasteiger partial charge is 0.324 e. The Morgan fingerprint density at radius 2 is 1.61 bits per heavy atom. The van der Waals surface area contributed by atoms with Gasteiger partial charge in [-0.25, -0.2) is 4.79 Å². The van der Waals surface area contributed by atoms with Gasteiger partial charge in [0.25, 0.3) is 5.91 Å². The van der Waals surface area contributed by atoms with Gasteiger partial charge in [-0.2, -0.15) is 0 Å². The molecule has 7 nitrogen and oxygen atoms in total. The van der Waals surface area contributed by atoms with Crippen LogP contribution in [0.2, 0.25) is 0 Å². The van der Waals surface area contributed by atoms with Gasteiger partial charge in [-0.15, -0.1) is 11.3 Å². The highest BCUT2D eigenvalue weighted by molar-refractivity contribution is 7.18. The molecule has 0 atom stereocenters. The summed E-state index contributed by atoms with van der Waals surface area (Å²) in [4.78, 5) is 39.2. The summed E-state index contributed by atoms with van der Waals surface area (Å²) in [5, 5.41) is 8.64. The molecular formula is C23H22N4O3S. The summed E-state index contributed by atoms with van der Waals surface area (Å²) in [5.41, 5.74) is 3.09. The van der Waals surface area contributed by atoms with E-state index in [9.17, 15) is 14.4 Å². The third kappa shape index (κ3) is 5.29. The fourth-order valence-corrected chi connectivity index (χ4v) is 4.20. The van der Waals surface area contributed by atoms with Gasteiger partial charge < -0.3 is 15.5 Å². The van der Waals surface area contributed by atoms with Crippen LogP contribution in [-0.4, -0.2) is 35.8 Å². The number of para-hydroxylation sites is 1. The molecule has 31 heavy (non-hydrogen) atoms. The van der Waals surface area contributed by atoms with Crippen LogP contribution >= 0.6 is 11.3 Å². The number of fused-ring (bicyclic) bond motifs is 1. The van der Waals surface area contributed by atoms with E-state index in [2.05, 4.69) is 22.0 Å². The fraction of sp³-hybridized carbons (Fsp3) is 0.174. The van der Waals surface area contributed by atoms with Crippen LogP contribution in [0.5, 0.6) is 0 Å². The van der Waals surface area contributed by atoms with Crippen molar-refractivity contribution in [3.05, 3.63) is 82.7 Å². The molecule has 4 amide bonds. The lowest BCUT2D eigenvalue weighted by Crippen LogP contribution is -2.42. The van der Waals surface area contributed by atoms with Crippen LogP contribution < -0.4 is 16.0 Å². The van der Waals surface area contributed by atoms with Crippen LogP contribution in [-0.2, 0) is 17.8 Å². The predicted molar refractivity (Wildman–Crippen MR) is 121 cm³/mol. The van der Waals surface area contributed by atoms with Crippen molar-refractivity contribution in [1.29, 1.82) is 0 Å². The zero-order valence-corrected chi connectivity index (χ0v) is 17.6. The summed E-state index contributed by atoms with van der Waals surface area (Å²) in [6.07, 6.45) is 0.820. The van der Waals surface area contributed by atoms with E-state index in [1.807, 2.05) is 36.4 Å². The molecule has 0 bridgehead atoms. The molecule has 2 aromatic carbocycles. The molecule has 0 unspecified atom stereocenters. The Bertz CT molecular complexity index is 1100. The Balaban J connectivity index is 1.26. The van der Waals surface area contributed by atoms with Crippen molar-refractivity contribution in [3.8, 4) is 0 Å². The number of amides is 4. The number of nitrogens with zero attached hydrogens (tertiary/aromatic N) is 1. The molecule has 158 valence electrons. The van der Waals surface area contributed by atoms with Gasteiger partial charge >= 0.3 is 6.03 Å². The molecule has 8 heteroatoms. The quantitative estimate of drug-likeness (QED) is 0.572. The maximum Gasteiger partial charge on any atom is 0.324 e. The van der Waals surface area contributed by atoms with E-state index in [1.54, 1.807) is 29.2 Å². The monoisotopic (exact) mass is 434 g/mol. The minimum Gasteiger partial charge on any atom is -0.342 e. The number of nitrogens with one attached hydrogen (secondary N) is 3. The molecule has 3 N–H and O–H groups in total. The van der Waals surface area contributed by atoms with Gasteiger partial charge in [-0.05, 0) is 41.8 Å². The van der Waals surface area contributed by atoms with E-state index in [-0.39, 0.29) is 24.4 Å². The summed E-state index contributed by atoms with van der Waals surface area (Å²) < 4.78 is 0. The number of carbonyl (C=O) groups excluding carboxylic acids is 3. The lowest BCUT2D eigenvalue weighted by Gasteiger charge is -2.28. The summed E-state index contributed by atoms with van der Waals surface area (Å²) in [6.45, 7) is 1.15. The summed E-state index contributed by atoms with van der Waals surface area (Å²) in [7, 11) is 0. The Hall–Kier alpha value is -3.65. The minimum atomic E-state index is -0.388. The van der Waals surface area contributed by atoms with E-state index in [0.717, 1.165) is 23.3 Å². The molecule has 1 aliphatic rings. The van der Waals surface area contributed by atoms with E-state index in [1.165, 1.54) is 5.56 Å². The van der Waals surface area contributed by atoms with Crippen LogP contribution in [0.25, 0.3) is 0 Å². The first kappa shape index (κ1) is 20.6. The lowest BCUT2D eigenvalue weighted by atomic mass is 10.00. The highest BCUT2D eigenvalue weighted by Crippen LogP contribution is 2.22. The van der Waals surface area contributed by atoms with Crippen molar-refractivity contribution in [2.75, 3.05) is 23.7 Å². The Labute approximate surface area is 184 Å². The minimum absolute atomic E-state index is 0.0594. The second-order valence-corrected chi connectivity index (χ2v) is 8.21. The zero-order chi connectivity index (χ0) is 21.6. The van der Waals surface area contributed by atoms with Gasteiger partial charge in [-0.3, -0.25) is 14.9 Å². The zero-order valence-electron chi connectivity index (χ0n) is 16.8. The van der Waals surface area contributed by atoms with Gasteiger partial charge in [0.2, 0.25) is 5.91 Å². The maximum atomic E-state index is 12.5. The molecule has 0 saturated carbocycles. The molecule has 1 aliphatic heterocycles.